The Morgan fingerprint density at radius 2 is 1.84 bits per heavy atom. The van der Waals surface area contributed by atoms with E-state index in [9.17, 15) is 18.0 Å². The summed E-state index contributed by atoms with van der Waals surface area (Å²) in [4.78, 5) is 22.2. The fourth-order valence-corrected chi connectivity index (χ4v) is 1.96. The number of carbonyl (C=O) groups excluding carboxylic acids is 1. The Morgan fingerprint density at radius 3 is 2.26 bits per heavy atom. The third-order valence-corrected chi connectivity index (χ3v) is 3.25. The van der Waals surface area contributed by atoms with Crippen molar-refractivity contribution in [1.29, 1.82) is 0 Å². The van der Waals surface area contributed by atoms with Crippen molar-refractivity contribution in [3.8, 4) is 5.69 Å². The molecule has 0 aliphatic rings. The van der Waals surface area contributed by atoms with E-state index in [2.05, 4.69) is 5.10 Å². The predicted molar refractivity (Wildman–Crippen MR) is 64.7 cm³/mol. The van der Waals surface area contributed by atoms with Crippen LogP contribution in [0, 0.1) is 0 Å². The van der Waals surface area contributed by atoms with Crippen LogP contribution in [0.4, 0.5) is 0 Å². The van der Waals surface area contributed by atoms with Gasteiger partial charge in [-0.25, -0.2) is 4.68 Å². The van der Waals surface area contributed by atoms with Crippen LogP contribution in [0.5, 0.6) is 0 Å². The van der Waals surface area contributed by atoms with Crippen molar-refractivity contribution in [2.24, 2.45) is 5.73 Å². The van der Waals surface area contributed by atoms with Crippen molar-refractivity contribution in [3.05, 3.63) is 46.4 Å². The molecule has 2 rings (SSSR count). The number of hydrogen-bond acceptors (Lipinski definition) is 4. The Balaban J connectivity index is 2.49. The Hall–Kier alpha value is -2.39. The van der Waals surface area contributed by atoms with Crippen LogP contribution in [0.2, 0.25) is 0 Å². The van der Waals surface area contributed by atoms with Gasteiger partial charge < -0.3 is 5.73 Å². The van der Waals surface area contributed by atoms with Gasteiger partial charge in [0.25, 0.3) is 21.6 Å². The van der Waals surface area contributed by atoms with Crippen LogP contribution in [0.15, 0.2) is 40.0 Å². The number of nitrogens with one attached hydrogen (secondary N) is 1. The molecule has 0 spiro atoms. The Kier molecular flexibility index (Phi) is 3.00. The minimum Gasteiger partial charge on any atom is -0.364 e. The maximum absolute atomic E-state index is 11.6. The van der Waals surface area contributed by atoms with E-state index in [1.807, 2.05) is 0 Å². The van der Waals surface area contributed by atoms with Gasteiger partial charge in [-0.05, 0) is 24.3 Å². The first-order valence-electron chi connectivity index (χ1n) is 4.99. The summed E-state index contributed by atoms with van der Waals surface area (Å²) in [5.74, 6) is -0.787. The van der Waals surface area contributed by atoms with Gasteiger partial charge in [0.2, 0.25) is 0 Å². The molecule has 0 aliphatic heterocycles. The molecule has 0 atom stereocenters. The third kappa shape index (κ3) is 2.56. The lowest BCUT2D eigenvalue weighted by atomic mass is 10.3. The highest BCUT2D eigenvalue weighted by Crippen LogP contribution is 2.11. The fourth-order valence-electron chi connectivity index (χ4n) is 1.48. The Morgan fingerprint density at radius 1 is 1.26 bits per heavy atom. The second kappa shape index (κ2) is 4.37. The molecular weight excluding hydrogens is 274 g/mol. The first-order chi connectivity index (χ1) is 8.79. The van der Waals surface area contributed by atoms with Gasteiger partial charge >= 0.3 is 0 Å². The SMILES string of the molecule is NC(=O)c1cc(=O)n(-c2ccc(S(=O)(=O)O)cc2)[nH]1. The maximum Gasteiger partial charge on any atom is 0.294 e. The molecule has 9 heteroatoms. The van der Waals surface area contributed by atoms with E-state index in [1.165, 1.54) is 12.1 Å². The second-order valence-corrected chi connectivity index (χ2v) is 5.10. The van der Waals surface area contributed by atoms with E-state index in [4.69, 9.17) is 10.3 Å². The summed E-state index contributed by atoms with van der Waals surface area (Å²) >= 11 is 0. The van der Waals surface area contributed by atoms with Crippen LogP contribution in [0.1, 0.15) is 10.5 Å². The zero-order valence-corrected chi connectivity index (χ0v) is 10.2. The predicted octanol–water partition coefficient (Wildman–Crippen LogP) is -0.489. The van der Waals surface area contributed by atoms with E-state index in [1.54, 1.807) is 0 Å². The number of aromatic amines is 1. The van der Waals surface area contributed by atoms with Gasteiger partial charge in [-0.3, -0.25) is 19.2 Å². The van der Waals surface area contributed by atoms with Crippen LogP contribution in [0.3, 0.4) is 0 Å². The summed E-state index contributed by atoms with van der Waals surface area (Å²) in [5.41, 5.74) is 4.73. The summed E-state index contributed by atoms with van der Waals surface area (Å²) in [7, 11) is -4.29. The molecule has 0 bridgehead atoms. The van der Waals surface area contributed by atoms with Gasteiger partial charge in [-0.15, -0.1) is 0 Å². The number of primary amides is 1. The second-order valence-electron chi connectivity index (χ2n) is 3.68. The number of H-pyrrole nitrogens is 1. The number of carbonyl (C=O) groups is 1. The van der Waals surface area contributed by atoms with Crippen molar-refractivity contribution in [1.82, 2.24) is 9.78 Å². The molecule has 1 amide bonds. The standard InChI is InChI=1S/C10H9N3O5S/c11-10(15)8-5-9(14)13(12-8)6-1-3-7(4-2-6)19(16,17)18/h1-5,12H,(H2,11,15)(H,16,17,18). The normalized spacial score (nSPS) is 11.4. The highest BCUT2D eigenvalue weighted by atomic mass is 32.2. The van der Waals surface area contributed by atoms with Crippen molar-refractivity contribution >= 4 is 16.0 Å². The average molecular weight is 283 g/mol. The largest absolute Gasteiger partial charge is 0.364 e. The molecule has 0 saturated heterocycles. The molecular formula is C10H9N3O5S. The number of hydrogen-bond donors (Lipinski definition) is 3. The minimum atomic E-state index is -4.29. The van der Waals surface area contributed by atoms with Crippen LogP contribution < -0.4 is 11.3 Å². The average Bonchev–Trinajstić information content (AvgIpc) is 2.70. The van der Waals surface area contributed by atoms with Crippen molar-refractivity contribution in [2.45, 2.75) is 4.90 Å². The molecule has 8 nitrogen and oxygen atoms in total. The molecule has 4 N–H and O–H groups in total. The quantitative estimate of drug-likeness (QED) is 0.653. The van der Waals surface area contributed by atoms with Crippen molar-refractivity contribution < 1.29 is 17.8 Å². The van der Waals surface area contributed by atoms with E-state index < -0.39 is 21.6 Å². The molecule has 19 heavy (non-hydrogen) atoms. The molecule has 1 aromatic heterocycles. The summed E-state index contributed by atoms with van der Waals surface area (Å²) in [5, 5.41) is 2.47. The zero-order chi connectivity index (χ0) is 14.2. The monoisotopic (exact) mass is 283 g/mol. The van der Waals surface area contributed by atoms with E-state index in [-0.39, 0.29) is 10.6 Å². The molecule has 2 aromatic rings. The Labute approximate surface area is 107 Å². The molecule has 0 fully saturated rings. The summed E-state index contributed by atoms with van der Waals surface area (Å²) < 4.78 is 31.6. The summed E-state index contributed by atoms with van der Waals surface area (Å²) in [6.45, 7) is 0. The highest BCUT2D eigenvalue weighted by Gasteiger charge is 2.11. The topological polar surface area (TPSA) is 135 Å². The van der Waals surface area contributed by atoms with Gasteiger partial charge in [0.05, 0.1) is 10.6 Å². The summed E-state index contributed by atoms with van der Waals surface area (Å²) in [6, 6.07) is 5.88. The first-order valence-corrected chi connectivity index (χ1v) is 6.43. The molecule has 100 valence electrons. The van der Waals surface area contributed by atoms with Crippen molar-refractivity contribution in [3.63, 3.8) is 0 Å². The third-order valence-electron chi connectivity index (χ3n) is 2.38. The number of amides is 1. The lowest BCUT2D eigenvalue weighted by Crippen LogP contribution is -2.14. The Bertz CT molecular complexity index is 785. The van der Waals surface area contributed by atoms with Gasteiger partial charge in [0.1, 0.15) is 5.69 Å². The van der Waals surface area contributed by atoms with E-state index in [0.717, 1.165) is 22.9 Å². The van der Waals surface area contributed by atoms with Gasteiger partial charge in [0, 0.05) is 6.07 Å². The molecule has 0 saturated carbocycles. The highest BCUT2D eigenvalue weighted by molar-refractivity contribution is 7.85. The molecule has 0 aliphatic carbocycles. The van der Waals surface area contributed by atoms with Crippen LogP contribution in [-0.2, 0) is 10.1 Å². The summed E-state index contributed by atoms with van der Waals surface area (Å²) in [6.07, 6.45) is 0. The number of nitrogens with two attached hydrogens (primary N) is 1. The van der Waals surface area contributed by atoms with Gasteiger partial charge in [0.15, 0.2) is 0 Å². The number of nitrogens with zero attached hydrogens (tertiary/aromatic N) is 1. The molecule has 0 radical (unpaired) electrons. The zero-order valence-electron chi connectivity index (χ0n) is 9.40. The van der Waals surface area contributed by atoms with Crippen LogP contribution in [0.25, 0.3) is 5.69 Å². The number of aromatic nitrogens is 2. The van der Waals surface area contributed by atoms with Crippen LogP contribution >= 0.6 is 0 Å². The smallest absolute Gasteiger partial charge is 0.294 e. The van der Waals surface area contributed by atoms with Crippen LogP contribution in [-0.4, -0.2) is 28.7 Å². The molecule has 0 unspecified atom stereocenters. The molecule has 1 aromatic carbocycles. The van der Waals surface area contributed by atoms with E-state index >= 15 is 0 Å². The lowest BCUT2D eigenvalue weighted by Gasteiger charge is -2.02. The van der Waals surface area contributed by atoms with E-state index in [0.29, 0.717) is 5.69 Å². The van der Waals surface area contributed by atoms with Gasteiger partial charge in [-0.1, -0.05) is 0 Å². The molecule has 1 heterocycles. The fraction of sp³-hybridized carbons (Fsp3) is 0. The first kappa shape index (κ1) is 13.1. The number of benzene rings is 1. The van der Waals surface area contributed by atoms with Gasteiger partial charge in [-0.2, -0.15) is 8.42 Å². The minimum absolute atomic E-state index is 0.0659. The lowest BCUT2D eigenvalue weighted by molar-refractivity contribution is 0.0995. The van der Waals surface area contributed by atoms with Crippen molar-refractivity contribution in [2.75, 3.05) is 0 Å². The number of rotatable bonds is 3. The maximum atomic E-state index is 11.6.